The van der Waals surface area contributed by atoms with E-state index in [0.29, 0.717) is 6.61 Å². The van der Waals surface area contributed by atoms with Gasteiger partial charge in [0.15, 0.2) is 8.32 Å². The molecule has 0 radical (unpaired) electrons. The molecule has 2 rings (SSSR count). The van der Waals surface area contributed by atoms with Crippen molar-refractivity contribution >= 4 is 20.1 Å². The number of benzene rings is 1. The van der Waals surface area contributed by atoms with Crippen molar-refractivity contribution in [2.75, 3.05) is 11.9 Å². The Labute approximate surface area is 189 Å². The topological polar surface area (TPSA) is 56.8 Å². The van der Waals surface area contributed by atoms with Gasteiger partial charge >= 0.3 is 6.09 Å². The lowest BCUT2D eigenvalue weighted by Crippen LogP contribution is -2.44. The Kier molecular flexibility index (Phi) is 8.03. The molecule has 0 spiro atoms. The highest BCUT2D eigenvalue weighted by Crippen LogP contribution is 2.39. The van der Waals surface area contributed by atoms with E-state index in [-0.39, 0.29) is 11.1 Å². The van der Waals surface area contributed by atoms with Gasteiger partial charge in [0, 0.05) is 5.56 Å². The minimum Gasteiger partial charge on any atom is -0.487 e. The molecular weight excluding hydrogens is 406 g/mol. The van der Waals surface area contributed by atoms with E-state index in [0.717, 1.165) is 42.7 Å². The number of nitrogens with one attached hydrogen (secondary N) is 1. The number of hydrogen-bond acceptors (Lipinski definition) is 4. The van der Waals surface area contributed by atoms with Gasteiger partial charge in [0.2, 0.25) is 0 Å². The van der Waals surface area contributed by atoms with Crippen LogP contribution in [0.5, 0.6) is 5.75 Å². The van der Waals surface area contributed by atoms with Gasteiger partial charge in [-0.15, -0.1) is 6.58 Å². The number of rotatable bonds is 7. The van der Waals surface area contributed by atoms with E-state index < -0.39 is 20.0 Å². The number of aryl methyl sites for hydroxylation is 1. The predicted molar refractivity (Wildman–Crippen MR) is 131 cm³/mol. The van der Waals surface area contributed by atoms with Crippen LogP contribution in [-0.4, -0.2) is 32.7 Å². The zero-order valence-electron chi connectivity index (χ0n) is 20.7. The fourth-order valence-electron chi connectivity index (χ4n) is 3.22. The molecule has 1 aromatic carbocycles. The molecule has 0 bridgehead atoms. The van der Waals surface area contributed by atoms with Gasteiger partial charge in [-0.3, -0.25) is 5.32 Å². The number of carbonyl (C=O) groups is 1. The average Bonchev–Trinajstić information content (AvgIpc) is 2.63. The van der Waals surface area contributed by atoms with Gasteiger partial charge in [0.25, 0.3) is 0 Å². The Morgan fingerprint density at radius 2 is 1.94 bits per heavy atom. The molecular formula is C25H41NO4Si. The normalized spacial score (nSPS) is 16.8. The lowest BCUT2D eigenvalue weighted by Gasteiger charge is -2.38. The second kappa shape index (κ2) is 9.78. The van der Waals surface area contributed by atoms with Crippen LogP contribution in [0.3, 0.4) is 0 Å². The van der Waals surface area contributed by atoms with E-state index in [2.05, 4.69) is 45.8 Å². The molecule has 174 valence electrons. The molecule has 5 nitrogen and oxygen atoms in total. The van der Waals surface area contributed by atoms with Crippen LogP contribution >= 0.6 is 0 Å². The SMILES string of the molecule is C=CCCc1c(NC(=O)OC(C)(C)C)ccc2c1O[C@@H](CO[Si](C)(C)C(C)(C)C)CC2. The third-order valence-electron chi connectivity index (χ3n) is 6.03. The predicted octanol–water partition coefficient (Wildman–Crippen LogP) is 6.87. The molecule has 0 fully saturated rings. The summed E-state index contributed by atoms with van der Waals surface area (Å²) in [5, 5.41) is 3.08. The fraction of sp³-hybridized carbons (Fsp3) is 0.640. The molecule has 1 atom stereocenters. The molecule has 31 heavy (non-hydrogen) atoms. The van der Waals surface area contributed by atoms with Gasteiger partial charge in [-0.2, -0.15) is 0 Å². The first kappa shape index (κ1) is 25.5. The highest BCUT2D eigenvalue weighted by molar-refractivity contribution is 6.74. The maximum Gasteiger partial charge on any atom is 0.412 e. The lowest BCUT2D eigenvalue weighted by molar-refractivity contribution is 0.0635. The van der Waals surface area contributed by atoms with E-state index in [1.165, 1.54) is 5.56 Å². The Hall–Kier alpha value is -1.79. The van der Waals surface area contributed by atoms with Crippen LogP contribution in [0.1, 0.15) is 65.5 Å². The third-order valence-corrected chi connectivity index (χ3v) is 10.5. The smallest absolute Gasteiger partial charge is 0.412 e. The molecule has 0 aliphatic carbocycles. The van der Waals surface area contributed by atoms with E-state index >= 15 is 0 Å². The second-order valence-electron chi connectivity index (χ2n) is 10.9. The van der Waals surface area contributed by atoms with Crippen LogP contribution in [0.2, 0.25) is 18.1 Å². The minimum absolute atomic E-state index is 0.0147. The standard InChI is InChI=1S/C25H41NO4Si/c1-10-11-12-20-21(26-23(27)30-24(2,3)4)16-14-18-13-15-19(29-22(18)20)17-28-31(8,9)25(5,6)7/h10,14,16,19H,1,11-13,15,17H2,2-9H3,(H,26,27)/t19-/m1/s1. The summed E-state index contributed by atoms with van der Waals surface area (Å²) in [6, 6.07) is 4.00. The van der Waals surface area contributed by atoms with Crippen LogP contribution in [0, 0.1) is 0 Å². The summed E-state index contributed by atoms with van der Waals surface area (Å²) >= 11 is 0. The summed E-state index contributed by atoms with van der Waals surface area (Å²) in [5.41, 5.74) is 2.36. The summed E-state index contributed by atoms with van der Waals surface area (Å²) in [5.74, 6) is 0.880. The third kappa shape index (κ3) is 7.11. The largest absolute Gasteiger partial charge is 0.487 e. The lowest BCUT2D eigenvalue weighted by atomic mass is 9.96. The molecule has 1 N–H and O–H groups in total. The Balaban J connectivity index is 2.23. The van der Waals surface area contributed by atoms with Gasteiger partial charge in [-0.05, 0) is 76.2 Å². The molecule has 0 saturated carbocycles. The molecule has 1 aliphatic rings. The Bertz CT molecular complexity index is 790. The number of fused-ring (bicyclic) bond motifs is 1. The van der Waals surface area contributed by atoms with Gasteiger partial charge in [-0.25, -0.2) is 4.79 Å². The van der Waals surface area contributed by atoms with Crippen LogP contribution in [0.15, 0.2) is 24.8 Å². The van der Waals surface area contributed by atoms with Crippen LogP contribution in [0.25, 0.3) is 0 Å². The molecule has 1 heterocycles. The first-order valence-corrected chi connectivity index (χ1v) is 14.2. The van der Waals surface area contributed by atoms with Gasteiger partial charge < -0.3 is 13.9 Å². The monoisotopic (exact) mass is 447 g/mol. The Morgan fingerprint density at radius 1 is 1.26 bits per heavy atom. The number of amides is 1. The summed E-state index contributed by atoms with van der Waals surface area (Å²) in [6.07, 6.45) is 4.86. The van der Waals surface area contributed by atoms with Crippen molar-refractivity contribution < 1.29 is 18.7 Å². The molecule has 1 aliphatic heterocycles. The average molecular weight is 448 g/mol. The van der Waals surface area contributed by atoms with Crippen LogP contribution < -0.4 is 10.1 Å². The van der Waals surface area contributed by atoms with Crippen molar-refractivity contribution in [2.45, 2.75) is 97.1 Å². The summed E-state index contributed by atoms with van der Waals surface area (Å²) < 4.78 is 18.3. The van der Waals surface area contributed by atoms with Crippen molar-refractivity contribution in [3.63, 3.8) is 0 Å². The summed E-state index contributed by atoms with van der Waals surface area (Å²) in [7, 11) is -1.84. The van der Waals surface area contributed by atoms with Crippen molar-refractivity contribution in [2.24, 2.45) is 0 Å². The minimum atomic E-state index is -1.84. The molecule has 0 unspecified atom stereocenters. The highest BCUT2D eigenvalue weighted by atomic mass is 28.4. The van der Waals surface area contributed by atoms with Gasteiger partial charge in [0.05, 0.1) is 12.3 Å². The molecule has 1 aromatic rings. The number of allylic oxidation sites excluding steroid dienone is 1. The summed E-state index contributed by atoms with van der Waals surface area (Å²) in [6.45, 7) is 21.3. The van der Waals surface area contributed by atoms with E-state index in [1.54, 1.807) is 0 Å². The van der Waals surface area contributed by atoms with Gasteiger partial charge in [-0.1, -0.05) is 32.9 Å². The first-order chi connectivity index (χ1) is 14.2. The van der Waals surface area contributed by atoms with Gasteiger partial charge in [0.1, 0.15) is 17.5 Å². The van der Waals surface area contributed by atoms with Crippen molar-refractivity contribution in [3.05, 3.63) is 35.9 Å². The van der Waals surface area contributed by atoms with Crippen molar-refractivity contribution in [1.29, 1.82) is 0 Å². The fourth-order valence-corrected chi connectivity index (χ4v) is 4.26. The number of anilines is 1. The number of carbonyl (C=O) groups excluding carboxylic acids is 1. The van der Waals surface area contributed by atoms with Crippen LogP contribution in [-0.2, 0) is 22.0 Å². The first-order valence-electron chi connectivity index (χ1n) is 11.3. The van der Waals surface area contributed by atoms with E-state index in [9.17, 15) is 4.79 Å². The van der Waals surface area contributed by atoms with Crippen LogP contribution in [0.4, 0.5) is 10.5 Å². The Morgan fingerprint density at radius 3 is 2.52 bits per heavy atom. The van der Waals surface area contributed by atoms with E-state index in [4.69, 9.17) is 13.9 Å². The zero-order valence-corrected chi connectivity index (χ0v) is 21.7. The molecule has 1 amide bonds. The number of ether oxygens (including phenoxy) is 2. The maximum absolute atomic E-state index is 12.4. The maximum atomic E-state index is 12.4. The zero-order chi connectivity index (χ0) is 23.4. The number of hydrogen-bond donors (Lipinski definition) is 1. The molecule has 6 heteroatoms. The summed E-state index contributed by atoms with van der Waals surface area (Å²) in [4.78, 5) is 12.4. The molecule has 0 aromatic heterocycles. The van der Waals surface area contributed by atoms with Crippen molar-refractivity contribution in [1.82, 2.24) is 0 Å². The second-order valence-corrected chi connectivity index (χ2v) is 15.7. The van der Waals surface area contributed by atoms with Crippen molar-refractivity contribution in [3.8, 4) is 5.75 Å². The quantitative estimate of drug-likeness (QED) is 0.366. The van der Waals surface area contributed by atoms with E-state index in [1.807, 2.05) is 39.0 Å². The molecule has 0 saturated heterocycles. The highest BCUT2D eigenvalue weighted by Gasteiger charge is 2.38.